The fourth-order valence-electron chi connectivity index (χ4n) is 3.45. The van der Waals surface area contributed by atoms with Crippen molar-refractivity contribution in [3.63, 3.8) is 0 Å². The molecule has 0 spiro atoms. The number of benzene rings is 1. The molecule has 5 nitrogen and oxygen atoms in total. The molecular weight excluding hydrogens is 318 g/mol. The summed E-state index contributed by atoms with van der Waals surface area (Å²) in [5.41, 5.74) is 0.650. The molecule has 1 heterocycles. The third kappa shape index (κ3) is 3.55. The molecule has 0 radical (unpaired) electrons. The van der Waals surface area contributed by atoms with Crippen LogP contribution in [-0.2, 0) is 9.59 Å². The molecule has 2 aliphatic rings. The zero-order chi connectivity index (χ0) is 18.0. The minimum atomic E-state index is -0.563. The molecule has 0 bridgehead atoms. The van der Waals surface area contributed by atoms with Crippen LogP contribution in [0.3, 0.4) is 0 Å². The summed E-state index contributed by atoms with van der Waals surface area (Å²) in [5, 5.41) is 10.3. The molecule has 1 aliphatic carbocycles. The van der Waals surface area contributed by atoms with Crippen LogP contribution in [0.5, 0.6) is 5.75 Å². The Morgan fingerprint density at radius 1 is 1.08 bits per heavy atom. The maximum absolute atomic E-state index is 12.8. The van der Waals surface area contributed by atoms with E-state index in [1.54, 1.807) is 24.3 Å². The lowest BCUT2D eigenvalue weighted by atomic mass is 9.94. The molecule has 5 heteroatoms. The molecule has 1 saturated carbocycles. The van der Waals surface area contributed by atoms with Crippen LogP contribution in [0, 0.1) is 5.92 Å². The number of aliphatic hydroxyl groups is 1. The summed E-state index contributed by atoms with van der Waals surface area (Å²) in [4.78, 5) is 26.5. The van der Waals surface area contributed by atoms with Gasteiger partial charge in [0.2, 0.25) is 0 Å². The van der Waals surface area contributed by atoms with Gasteiger partial charge in [-0.3, -0.25) is 14.5 Å². The van der Waals surface area contributed by atoms with Gasteiger partial charge in [0, 0.05) is 6.04 Å². The number of carbonyl (C=O) groups excluding carboxylic acids is 2. The van der Waals surface area contributed by atoms with Crippen molar-refractivity contribution in [1.82, 2.24) is 4.90 Å². The summed E-state index contributed by atoms with van der Waals surface area (Å²) >= 11 is 0. The minimum absolute atomic E-state index is 0.0953. The van der Waals surface area contributed by atoms with E-state index < -0.39 is 11.7 Å². The Morgan fingerprint density at radius 2 is 1.72 bits per heavy atom. The van der Waals surface area contributed by atoms with Crippen LogP contribution in [0.25, 0.3) is 5.57 Å². The maximum Gasteiger partial charge on any atom is 0.296 e. The van der Waals surface area contributed by atoms with Crippen LogP contribution in [0.4, 0.5) is 0 Å². The quantitative estimate of drug-likeness (QED) is 0.828. The van der Waals surface area contributed by atoms with Crippen molar-refractivity contribution in [2.24, 2.45) is 5.92 Å². The van der Waals surface area contributed by atoms with Gasteiger partial charge in [-0.25, -0.2) is 0 Å². The standard InChI is InChI=1S/C20H25NO4/c1-13(2)12-25-16-10-8-14(9-11-16)17-18(22)20(24)21(19(17)23)15-6-4-3-5-7-15/h8-11,13,15,22H,3-7,12H2,1-2H3. The Balaban J connectivity index is 1.79. The van der Waals surface area contributed by atoms with Gasteiger partial charge in [-0.2, -0.15) is 0 Å². The van der Waals surface area contributed by atoms with E-state index in [0.29, 0.717) is 23.8 Å². The van der Waals surface area contributed by atoms with Crippen molar-refractivity contribution < 1.29 is 19.4 Å². The molecule has 0 saturated heterocycles. The second-order valence-corrected chi connectivity index (χ2v) is 7.22. The van der Waals surface area contributed by atoms with Gasteiger partial charge in [0.25, 0.3) is 11.8 Å². The maximum atomic E-state index is 12.8. The largest absolute Gasteiger partial charge is 0.502 e. The van der Waals surface area contributed by atoms with E-state index in [1.165, 1.54) is 4.90 Å². The summed E-state index contributed by atoms with van der Waals surface area (Å²) in [7, 11) is 0. The van der Waals surface area contributed by atoms with Gasteiger partial charge in [0.15, 0.2) is 5.76 Å². The summed E-state index contributed by atoms with van der Waals surface area (Å²) in [6, 6.07) is 6.87. The number of imide groups is 1. The van der Waals surface area contributed by atoms with Crippen LogP contribution in [0.2, 0.25) is 0 Å². The SMILES string of the molecule is CC(C)COc1ccc(C2=C(O)C(=O)N(C3CCCCC3)C2=O)cc1. The highest BCUT2D eigenvalue weighted by atomic mass is 16.5. The summed E-state index contributed by atoms with van der Waals surface area (Å²) in [6.45, 7) is 4.75. The van der Waals surface area contributed by atoms with Crippen LogP contribution in [0.1, 0.15) is 51.5 Å². The molecule has 1 fully saturated rings. The van der Waals surface area contributed by atoms with E-state index in [1.807, 2.05) is 0 Å². The van der Waals surface area contributed by atoms with Crippen LogP contribution in [-0.4, -0.2) is 34.5 Å². The highest BCUT2D eigenvalue weighted by Gasteiger charge is 2.43. The lowest BCUT2D eigenvalue weighted by Gasteiger charge is -2.29. The first-order valence-corrected chi connectivity index (χ1v) is 9.03. The van der Waals surface area contributed by atoms with Crippen LogP contribution in [0.15, 0.2) is 30.0 Å². The Morgan fingerprint density at radius 3 is 2.32 bits per heavy atom. The molecule has 1 aromatic carbocycles. The molecule has 0 atom stereocenters. The van der Waals surface area contributed by atoms with Crippen molar-refractivity contribution in [1.29, 1.82) is 0 Å². The van der Waals surface area contributed by atoms with E-state index in [4.69, 9.17) is 4.74 Å². The van der Waals surface area contributed by atoms with Crippen LogP contribution < -0.4 is 4.74 Å². The summed E-state index contributed by atoms with van der Waals surface area (Å²) in [6.07, 6.45) is 4.80. The number of rotatable bonds is 5. The first-order valence-electron chi connectivity index (χ1n) is 9.03. The van der Waals surface area contributed by atoms with E-state index in [0.717, 1.165) is 32.1 Å². The third-order valence-corrected chi connectivity index (χ3v) is 4.76. The highest BCUT2D eigenvalue weighted by Crippen LogP contribution is 2.34. The van der Waals surface area contributed by atoms with Crippen LogP contribution >= 0.6 is 0 Å². The highest BCUT2D eigenvalue weighted by molar-refractivity contribution is 6.35. The molecule has 1 aromatic rings. The second-order valence-electron chi connectivity index (χ2n) is 7.22. The van der Waals surface area contributed by atoms with Gasteiger partial charge < -0.3 is 9.84 Å². The lowest BCUT2D eigenvalue weighted by Crippen LogP contribution is -2.42. The zero-order valence-electron chi connectivity index (χ0n) is 14.8. The zero-order valence-corrected chi connectivity index (χ0v) is 14.8. The molecule has 1 N–H and O–H groups in total. The Labute approximate surface area is 148 Å². The smallest absolute Gasteiger partial charge is 0.296 e. The van der Waals surface area contributed by atoms with Gasteiger partial charge in [-0.15, -0.1) is 0 Å². The predicted octanol–water partition coefficient (Wildman–Crippen LogP) is 3.69. The molecule has 0 unspecified atom stereocenters. The fraction of sp³-hybridized carbons (Fsp3) is 0.500. The van der Waals surface area contributed by atoms with E-state index in [-0.39, 0.29) is 17.5 Å². The third-order valence-electron chi connectivity index (χ3n) is 4.76. The first-order chi connectivity index (χ1) is 12.0. The summed E-state index contributed by atoms with van der Waals surface area (Å²) in [5.74, 6) is -0.258. The fourth-order valence-corrected chi connectivity index (χ4v) is 3.45. The van der Waals surface area contributed by atoms with Gasteiger partial charge in [0.1, 0.15) is 5.75 Å². The normalized spacial score (nSPS) is 19.2. The van der Waals surface area contributed by atoms with Crippen molar-refractivity contribution in [2.45, 2.75) is 52.0 Å². The van der Waals surface area contributed by atoms with Crippen molar-refractivity contribution in [2.75, 3.05) is 6.61 Å². The average Bonchev–Trinajstić information content (AvgIpc) is 2.83. The van der Waals surface area contributed by atoms with Gasteiger partial charge in [-0.05, 0) is 36.5 Å². The summed E-state index contributed by atoms with van der Waals surface area (Å²) < 4.78 is 5.64. The van der Waals surface area contributed by atoms with E-state index >= 15 is 0 Å². The van der Waals surface area contributed by atoms with Crippen molar-refractivity contribution in [3.8, 4) is 5.75 Å². The second kappa shape index (κ2) is 7.30. The molecule has 1 aliphatic heterocycles. The van der Waals surface area contributed by atoms with Gasteiger partial charge >= 0.3 is 0 Å². The molecule has 2 amide bonds. The van der Waals surface area contributed by atoms with E-state index in [2.05, 4.69) is 13.8 Å². The number of hydrogen-bond acceptors (Lipinski definition) is 4. The van der Waals surface area contributed by atoms with Gasteiger partial charge in [0.05, 0.1) is 12.2 Å². The van der Waals surface area contributed by atoms with E-state index in [9.17, 15) is 14.7 Å². The monoisotopic (exact) mass is 343 g/mol. The number of amides is 2. The minimum Gasteiger partial charge on any atom is -0.502 e. The topological polar surface area (TPSA) is 66.8 Å². The van der Waals surface area contributed by atoms with Crippen molar-refractivity contribution in [3.05, 3.63) is 35.6 Å². The molecule has 0 aromatic heterocycles. The average molecular weight is 343 g/mol. The number of nitrogens with zero attached hydrogens (tertiary/aromatic N) is 1. The number of aliphatic hydroxyl groups excluding tert-OH is 1. The number of carbonyl (C=O) groups is 2. The molecule has 134 valence electrons. The van der Waals surface area contributed by atoms with Crippen molar-refractivity contribution >= 4 is 17.4 Å². The lowest BCUT2D eigenvalue weighted by molar-refractivity contribution is -0.141. The Hall–Kier alpha value is -2.30. The predicted molar refractivity (Wildman–Crippen MR) is 95.0 cm³/mol. The first kappa shape index (κ1) is 17.5. The Bertz CT molecular complexity index is 684. The van der Waals surface area contributed by atoms with Gasteiger partial charge in [-0.1, -0.05) is 45.2 Å². The molecule has 25 heavy (non-hydrogen) atoms. The number of hydrogen-bond donors (Lipinski definition) is 1. The molecule has 3 rings (SSSR count). The number of ether oxygens (including phenoxy) is 1. The Kier molecular flexibility index (Phi) is 5.11. The molecular formula is C20H25NO4.